The first-order valence-electron chi connectivity index (χ1n) is 6.58. The molecule has 2 N–H and O–H groups in total. The Morgan fingerprint density at radius 2 is 1.85 bits per heavy atom. The van der Waals surface area contributed by atoms with E-state index in [1.807, 2.05) is 4.90 Å². The molecule has 8 heteroatoms. The first kappa shape index (κ1) is 16.2. The summed E-state index contributed by atoms with van der Waals surface area (Å²) in [6.07, 6.45) is -0.344. The normalized spacial score (nSPS) is 17.4. The van der Waals surface area contributed by atoms with Crippen LogP contribution in [0.25, 0.3) is 0 Å². The number of carbonyl (C=O) groups is 3. The minimum absolute atomic E-state index is 0.228. The summed E-state index contributed by atoms with van der Waals surface area (Å²) >= 11 is 0. The molecule has 0 aromatic rings. The van der Waals surface area contributed by atoms with Crippen molar-refractivity contribution in [2.75, 3.05) is 39.3 Å². The van der Waals surface area contributed by atoms with Crippen LogP contribution >= 0.6 is 0 Å². The Morgan fingerprint density at radius 1 is 1.25 bits per heavy atom. The van der Waals surface area contributed by atoms with Gasteiger partial charge >= 0.3 is 12.1 Å². The van der Waals surface area contributed by atoms with Gasteiger partial charge in [0.25, 0.3) is 0 Å². The summed E-state index contributed by atoms with van der Waals surface area (Å²) in [7, 11) is 0. The molecule has 114 valence electrons. The minimum Gasteiger partial charge on any atom is -0.480 e. The monoisotopic (exact) mass is 287 g/mol. The highest BCUT2D eigenvalue weighted by Crippen LogP contribution is 2.05. The van der Waals surface area contributed by atoms with Gasteiger partial charge < -0.3 is 20.1 Å². The largest absolute Gasteiger partial charge is 0.480 e. The highest BCUT2D eigenvalue weighted by atomic mass is 16.6. The predicted molar refractivity (Wildman–Crippen MR) is 70.3 cm³/mol. The molecular weight excluding hydrogens is 266 g/mol. The zero-order chi connectivity index (χ0) is 15.1. The topological polar surface area (TPSA) is 99.2 Å². The van der Waals surface area contributed by atoms with E-state index in [0.29, 0.717) is 32.8 Å². The lowest BCUT2D eigenvalue weighted by Gasteiger charge is -2.35. The van der Waals surface area contributed by atoms with Crippen LogP contribution < -0.4 is 5.32 Å². The molecule has 2 amide bonds. The zero-order valence-corrected chi connectivity index (χ0v) is 11.8. The number of hydrogen-bond donors (Lipinski definition) is 2. The molecule has 1 atom stereocenters. The quantitative estimate of drug-likeness (QED) is 0.697. The van der Waals surface area contributed by atoms with Gasteiger partial charge in [0.1, 0.15) is 6.04 Å². The maximum Gasteiger partial charge on any atom is 0.409 e. The molecule has 1 rings (SSSR count). The van der Waals surface area contributed by atoms with Crippen molar-refractivity contribution in [3.05, 3.63) is 0 Å². The standard InChI is InChI=1S/C12H21N3O5/c1-3-20-12(19)15-6-4-14(5-7-15)8-10(11(17)18)13-9(2)16/h10H,3-8H2,1-2H3,(H,13,16)(H,17,18). The van der Waals surface area contributed by atoms with Crippen LogP contribution in [0.5, 0.6) is 0 Å². The van der Waals surface area contributed by atoms with E-state index in [4.69, 9.17) is 9.84 Å². The molecule has 0 aromatic carbocycles. The summed E-state index contributed by atoms with van der Waals surface area (Å²) in [5.41, 5.74) is 0. The van der Waals surface area contributed by atoms with Crippen molar-refractivity contribution >= 4 is 18.0 Å². The summed E-state index contributed by atoms with van der Waals surface area (Å²) < 4.78 is 4.91. The summed E-state index contributed by atoms with van der Waals surface area (Å²) in [6, 6.07) is -0.929. The second kappa shape index (κ2) is 7.68. The third-order valence-electron chi connectivity index (χ3n) is 3.01. The molecule has 1 aliphatic rings. The fourth-order valence-corrected chi connectivity index (χ4v) is 2.02. The third kappa shape index (κ3) is 5.04. The van der Waals surface area contributed by atoms with Crippen LogP contribution in [0.4, 0.5) is 4.79 Å². The number of carbonyl (C=O) groups excluding carboxylic acids is 2. The second-order valence-corrected chi connectivity index (χ2v) is 4.58. The highest BCUT2D eigenvalue weighted by Gasteiger charge is 2.26. The van der Waals surface area contributed by atoms with Crippen LogP contribution in [0.1, 0.15) is 13.8 Å². The van der Waals surface area contributed by atoms with Gasteiger partial charge in [0.2, 0.25) is 5.91 Å². The number of hydrogen-bond acceptors (Lipinski definition) is 5. The molecule has 1 fully saturated rings. The van der Waals surface area contributed by atoms with E-state index in [1.165, 1.54) is 6.92 Å². The van der Waals surface area contributed by atoms with Crippen LogP contribution in [0.2, 0.25) is 0 Å². The number of aliphatic carboxylic acids is 1. The predicted octanol–water partition coefficient (Wildman–Crippen LogP) is -0.650. The number of carboxylic acids is 1. The molecule has 1 heterocycles. The first-order valence-corrected chi connectivity index (χ1v) is 6.58. The van der Waals surface area contributed by atoms with Gasteiger partial charge in [-0.25, -0.2) is 9.59 Å². The number of nitrogens with one attached hydrogen (secondary N) is 1. The van der Waals surface area contributed by atoms with Gasteiger partial charge in [-0.15, -0.1) is 0 Å². The van der Waals surface area contributed by atoms with Gasteiger partial charge in [0.15, 0.2) is 0 Å². The summed E-state index contributed by atoms with van der Waals surface area (Å²) in [5, 5.41) is 11.4. The number of ether oxygens (including phenoxy) is 1. The average Bonchev–Trinajstić information content (AvgIpc) is 2.38. The second-order valence-electron chi connectivity index (χ2n) is 4.58. The van der Waals surface area contributed by atoms with Gasteiger partial charge in [0, 0.05) is 39.6 Å². The van der Waals surface area contributed by atoms with Crippen LogP contribution in [0.15, 0.2) is 0 Å². The minimum atomic E-state index is -1.06. The van der Waals surface area contributed by atoms with Crippen molar-refractivity contribution in [2.24, 2.45) is 0 Å². The van der Waals surface area contributed by atoms with Crippen molar-refractivity contribution < 1.29 is 24.2 Å². The van der Waals surface area contributed by atoms with Crippen LogP contribution in [0, 0.1) is 0 Å². The Bertz CT molecular complexity index is 366. The van der Waals surface area contributed by atoms with Gasteiger partial charge in [-0.3, -0.25) is 9.69 Å². The Hall–Kier alpha value is -1.83. The first-order chi connectivity index (χ1) is 9.43. The lowest BCUT2D eigenvalue weighted by atomic mass is 10.2. The van der Waals surface area contributed by atoms with Crippen molar-refractivity contribution in [3.63, 3.8) is 0 Å². The van der Waals surface area contributed by atoms with Crippen molar-refractivity contribution in [3.8, 4) is 0 Å². The fourth-order valence-electron chi connectivity index (χ4n) is 2.02. The fraction of sp³-hybridized carbons (Fsp3) is 0.750. The van der Waals surface area contributed by atoms with E-state index in [1.54, 1.807) is 11.8 Å². The molecule has 1 aliphatic heterocycles. The Balaban J connectivity index is 2.42. The van der Waals surface area contributed by atoms with Crippen molar-refractivity contribution in [1.29, 1.82) is 0 Å². The van der Waals surface area contributed by atoms with Gasteiger partial charge in [0.05, 0.1) is 6.61 Å². The summed E-state index contributed by atoms with van der Waals surface area (Å²) in [5.74, 6) is -1.43. The Labute approximate surface area is 117 Å². The molecule has 1 saturated heterocycles. The van der Waals surface area contributed by atoms with Crippen LogP contribution in [-0.4, -0.2) is 78.2 Å². The van der Waals surface area contributed by atoms with Gasteiger partial charge in [-0.05, 0) is 6.92 Å². The summed E-state index contributed by atoms with van der Waals surface area (Å²) in [4.78, 5) is 37.0. The van der Waals surface area contributed by atoms with E-state index in [9.17, 15) is 14.4 Å². The Morgan fingerprint density at radius 3 is 2.30 bits per heavy atom. The van der Waals surface area contributed by atoms with E-state index in [-0.39, 0.29) is 18.5 Å². The number of piperazine rings is 1. The smallest absolute Gasteiger partial charge is 0.409 e. The number of carboxylic acid groups (broad SMARTS) is 1. The van der Waals surface area contributed by atoms with Crippen LogP contribution in [0.3, 0.4) is 0 Å². The van der Waals surface area contributed by atoms with E-state index < -0.39 is 12.0 Å². The zero-order valence-electron chi connectivity index (χ0n) is 11.8. The van der Waals surface area contributed by atoms with Gasteiger partial charge in [-0.2, -0.15) is 0 Å². The van der Waals surface area contributed by atoms with Crippen LogP contribution in [-0.2, 0) is 14.3 Å². The maximum absolute atomic E-state index is 11.5. The average molecular weight is 287 g/mol. The molecular formula is C12H21N3O5. The van der Waals surface area contributed by atoms with E-state index in [2.05, 4.69) is 5.32 Å². The Kier molecular flexibility index (Phi) is 6.23. The molecule has 20 heavy (non-hydrogen) atoms. The molecule has 0 aliphatic carbocycles. The van der Waals surface area contributed by atoms with Crippen molar-refractivity contribution in [1.82, 2.24) is 15.1 Å². The van der Waals surface area contributed by atoms with E-state index in [0.717, 1.165) is 0 Å². The molecule has 0 saturated carbocycles. The number of nitrogens with zero attached hydrogens (tertiary/aromatic N) is 2. The highest BCUT2D eigenvalue weighted by molar-refractivity contribution is 5.82. The molecule has 8 nitrogen and oxygen atoms in total. The number of rotatable bonds is 5. The van der Waals surface area contributed by atoms with E-state index >= 15 is 0 Å². The molecule has 0 bridgehead atoms. The molecule has 0 radical (unpaired) electrons. The lowest BCUT2D eigenvalue weighted by molar-refractivity contribution is -0.142. The molecule has 1 unspecified atom stereocenters. The SMILES string of the molecule is CCOC(=O)N1CCN(CC(NC(C)=O)C(=O)O)CC1. The maximum atomic E-state index is 11.5. The van der Waals surface area contributed by atoms with Crippen molar-refractivity contribution in [2.45, 2.75) is 19.9 Å². The van der Waals surface area contributed by atoms with Gasteiger partial charge in [-0.1, -0.05) is 0 Å². The molecule has 0 spiro atoms. The lowest BCUT2D eigenvalue weighted by Crippen LogP contribution is -2.54. The number of amides is 2. The third-order valence-corrected chi connectivity index (χ3v) is 3.01. The molecule has 0 aromatic heterocycles. The summed E-state index contributed by atoms with van der Waals surface area (Å²) in [6.45, 7) is 5.70.